The van der Waals surface area contributed by atoms with Gasteiger partial charge in [0.15, 0.2) is 0 Å². The third kappa shape index (κ3) is 5.55. The number of carbonyl (C=O) groups is 2. The van der Waals surface area contributed by atoms with Crippen molar-refractivity contribution < 1.29 is 14.3 Å². The molecule has 6 nitrogen and oxygen atoms in total. The van der Waals surface area contributed by atoms with Gasteiger partial charge in [-0.25, -0.2) is 0 Å². The minimum atomic E-state index is -0.210. The van der Waals surface area contributed by atoms with Crippen molar-refractivity contribution in [2.75, 3.05) is 45.9 Å². The summed E-state index contributed by atoms with van der Waals surface area (Å²) >= 11 is 0. The quantitative estimate of drug-likeness (QED) is 0.593. The van der Waals surface area contributed by atoms with Gasteiger partial charge < -0.3 is 15.0 Å². The van der Waals surface area contributed by atoms with Gasteiger partial charge in [-0.05, 0) is 35.2 Å². The van der Waals surface area contributed by atoms with Gasteiger partial charge in [0.25, 0.3) is 5.91 Å². The van der Waals surface area contributed by atoms with E-state index in [9.17, 15) is 9.59 Å². The van der Waals surface area contributed by atoms with E-state index >= 15 is 0 Å². The van der Waals surface area contributed by atoms with Crippen LogP contribution in [0.25, 0.3) is 10.8 Å². The molecule has 2 aliphatic rings. The molecule has 2 amide bonds. The van der Waals surface area contributed by atoms with Crippen LogP contribution in [0.15, 0.2) is 72.8 Å². The fourth-order valence-corrected chi connectivity index (χ4v) is 5.21. The molecule has 35 heavy (non-hydrogen) atoms. The van der Waals surface area contributed by atoms with Gasteiger partial charge in [-0.15, -0.1) is 0 Å². The highest BCUT2D eigenvalue weighted by Gasteiger charge is 2.31. The Labute approximate surface area is 206 Å². The first-order valence-corrected chi connectivity index (χ1v) is 12.6. The monoisotopic (exact) mass is 471 g/mol. The number of ether oxygens (including phenoxy) is 1. The van der Waals surface area contributed by atoms with Crippen LogP contribution in [0.5, 0.6) is 0 Å². The van der Waals surface area contributed by atoms with Crippen molar-refractivity contribution in [3.63, 3.8) is 0 Å². The molecule has 182 valence electrons. The molecule has 0 radical (unpaired) electrons. The number of morpholine rings is 1. The van der Waals surface area contributed by atoms with E-state index in [1.54, 1.807) is 0 Å². The van der Waals surface area contributed by atoms with Crippen LogP contribution in [0.3, 0.4) is 0 Å². The summed E-state index contributed by atoms with van der Waals surface area (Å²) in [7, 11) is 0. The summed E-state index contributed by atoms with van der Waals surface area (Å²) in [5.41, 5.74) is 1.81. The summed E-state index contributed by atoms with van der Waals surface area (Å²) in [6.07, 6.45) is 1.62. The molecule has 6 heteroatoms. The normalized spacial score (nSPS) is 19.9. The Morgan fingerprint density at radius 1 is 0.914 bits per heavy atom. The highest BCUT2D eigenvalue weighted by atomic mass is 16.5. The molecular formula is C29H33N3O3. The summed E-state index contributed by atoms with van der Waals surface area (Å²) in [5.74, 6) is -0.173. The molecule has 5 rings (SSSR count). The zero-order valence-corrected chi connectivity index (χ0v) is 20.1. The van der Waals surface area contributed by atoms with Crippen molar-refractivity contribution in [2.45, 2.75) is 18.9 Å². The smallest absolute Gasteiger partial charge is 0.254 e. The topological polar surface area (TPSA) is 61.9 Å². The molecule has 0 aromatic heterocycles. The molecule has 2 fully saturated rings. The number of carbonyl (C=O) groups excluding carboxylic acids is 2. The number of piperidine rings is 1. The Hall–Kier alpha value is -3.22. The van der Waals surface area contributed by atoms with Gasteiger partial charge in [0, 0.05) is 38.3 Å². The second kappa shape index (κ2) is 11.0. The van der Waals surface area contributed by atoms with Gasteiger partial charge in [0.2, 0.25) is 5.91 Å². The SMILES string of the molecule is O=C(NC(CN1CCOCC1)c1ccccc1)C1CCCN(C(=O)c2cccc3ccccc23)C1. The zero-order chi connectivity index (χ0) is 24.0. The third-order valence-corrected chi connectivity index (χ3v) is 7.16. The minimum absolute atomic E-state index is 0.00669. The number of amides is 2. The van der Waals surface area contributed by atoms with E-state index in [4.69, 9.17) is 4.74 Å². The molecule has 0 saturated carbocycles. The maximum atomic E-state index is 13.5. The number of likely N-dealkylation sites (tertiary alicyclic amines) is 1. The van der Waals surface area contributed by atoms with E-state index in [1.807, 2.05) is 65.6 Å². The zero-order valence-electron chi connectivity index (χ0n) is 20.1. The van der Waals surface area contributed by atoms with Crippen molar-refractivity contribution in [3.8, 4) is 0 Å². The minimum Gasteiger partial charge on any atom is -0.379 e. The summed E-state index contributed by atoms with van der Waals surface area (Å²) in [6.45, 7) is 5.08. The Morgan fingerprint density at radius 3 is 2.49 bits per heavy atom. The van der Waals surface area contributed by atoms with E-state index < -0.39 is 0 Å². The van der Waals surface area contributed by atoms with Gasteiger partial charge in [-0.3, -0.25) is 14.5 Å². The lowest BCUT2D eigenvalue weighted by Gasteiger charge is -2.35. The molecule has 2 atom stereocenters. The van der Waals surface area contributed by atoms with Crippen LogP contribution in [-0.4, -0.2) is 67.6 Å². The van der Waals surface area contributed by atoms with Gasteiger partial charge >= 0.3 is 0 Å². The van der Waals surface area contributed by atoms with Crippen LogP contribution >= 0.6 is 0 Å². The first-order chi connectivity index (χ1) is 17.2. The number of benzene rings is 3. The lowest BCUT2D eigenvalue weighted by atomic mass is 9.94. The number of hydrogen-bond acceptors (Lipinski definition) is 4. The van der Waals surface area contributed by atoms with Crippen molar-refractivity contribution in [3.05, 3.63) is 83.9 Å². The van der Waals surface area contributed by atoms with Crippen LogP contribution < -0.4 is 5.32 Å². The predicted octanol–water partition coefficient (Wildman–Crippen LogP) is 3.88. The van der Waals surface area contributed by atoms with E-state index in [0.29, 0.717) is 18.7 Å². The maximum Gasteiger partial charge on any atom is 0.254 e. The Morgan fingerprint density at radius 2 is 1.66 bits per heavy atom. The number of fused-ring (bicyclic) bond motifs is 1. The average Bonchev–Trinajstić information content (AvgIpc) is 2.93. The second-order valence-corrected chi connectivity index (χ2v) is 9.50. The highest BCUT2D eigenvalue weighted by molar-refractivity contribution is 6.07. The Bertz CT molecular complexity index is 1150. The molecule has 1 N–H and O–H groups in total. The van der Waals surface area contributed by atoms with E-state index in [1.165, 1.54) is 0 Å². The maximum absolute atomic E-state index is 13.5. The molecule has 0 aliphatic carbocycles. The number of hydrogen-bond donors (Lipinski definition) is 1. The average molecular weight is 472 g/mol. The molecule has 3 aromatic carbocycles. The predicted molar refractivity (Wildman–Crippen MR) is 137 cm³/mol. The molecular weight excluding hydrogens is 438 g/mol. The fourth-order valence-electron chi connectivity index (χ4n) is 5.21. The van der Waals surface area contributed by atoms with Crippen molar-refractivity contribution in [2.24, 2.45) is 5.92 Å². The first-order valence-electron chi connectivity index (χ1n) is 12.6. The second-order valence-electron chi connectivity index (χ2n) is 9.50. The third-order valence-electron chi connectivity index (χ3n) is 7.16. The van der Waals surface area contributed by atoms with E-state index in [0.717, 1.165) is 62.0 Å². The van der Waals surface area contributed by atoms with Crippen LogP contribution in [0, 0.1) is 5.92 Å². The van der Waals surface area contributed by atoms with E-state index in [-0.39, 0.29) is 23.8 Å². The molecule has 0 bridgehead atoms. The standard InChI is InChI=1S/C29H33N3O3/c33-28(30-27(23-9-2-1-3-10-23)21-31-16-18-35-19-17-31)24-12-7-15-32(20-24)29(34)26-14-6-11-22-8-4-5-13-25(22)26/h1-6,8-11,13-14,24,27H,7,12,15-21H2,(H,30,33). The van der Waals surface area contributed by atoms with Gasteiger partial charge in [-0.2, -0.15) is 0 Å². The van der Waals surface area contributed by atoms with Crippen molar-refractivity contribution in [1.82, 2.24) is 15.1 Å². The van der Waals surface area contributed by atoms with Crippen LogP contribution in [0.2, 0.25) is 0 Å². The molecule has 2 unspecified atom stereocenters. The van der Waals surface area contributed by atoms with Crippen molar-refractivity contribution in [1.29, 1.82) is 0 Å². The summed E-state index contributed by atoms with van der Waals surface area (Å²) < 4.78 is 5.49. The first kappa shape index (κ1) is 23.5. The lowest BCUT2D eigenvalue weighted by Crippen LogP contribution is -2.48. The van der Waals surface area contributed by atoms with Gasteiger partial charge in [0.05, 0.1) is 25.2 Å². The molecule has 2 aliphatic heterocycles. The van der Waals surface area contributed by atoms with Gasteiger partial charge in [0.1, 0.15) is 0 Å². The molecule has 3 aromatic rings. The number of rotatable bonds is 6. The Balaban J connectivity index is 1.29. The van der Waals surface area contributed by atoms with Crippen molar-refractivity contribution >= 4 is 22.6 Å². The van der Waals surface area contributed by atoms with Gasteiger partial charge in [-0.1, -0.05) is 66.7 Å². The largest absolute Gasteiger partial charge is 0.379 e. The summed E-state index contributed by atoms with van der Waals surface area (Å²) in [6, 6.07) is 23.9. The highest BCUT2D eigenvalue weighted by Crippen LogP contribution is 2.25. The Kier molecular flexibility index (Phi) is 7.40. The molecule has 0 spiro atoms. The van der Waals surface area contributed by atoms with Crippen LogP contribution in [-0.2, 0) is 9.53 Å². The fraction of sp³-hybridized carbons (Fsp3) is 0.379. The number of nitrogens with one attached hydrogen (secondary N) is 1. The number of nitrogens with zero attached hydrogens (tertiary/aromatic N) is 2. The summed E-state index contributed by atoms with van der Waals surface area (Å²) in [5, 5.41) is 5.33. The molecule has 2 saturated heterocycles. The van der Waals surface area contributed by atoms with Crippen LogP contribution in [0.4, 0.5) is 0 Å². The van der Waals surface area contributed by atoms with Crippen LogP contribution in [0.1, 0.15) is 34.8 Å². The summed E-state index contributed by atoms with van der Waals surface area (Å²) in [4.78, 5) is 31.1. The van der Waals surface area contributed by atoms with E-state index in [2.05, 4.69) is 22.3 Å². The molecule has 2 heterocycles. The lowest BCUT2D eigenvalue weighted by molar-refractivity contribution is -0.127.